The van der Waals surface area contributed by atoms with E-state index < -0.39 is 30.0 Å². The first kappa shape index (κ1) is 23.9. The van der Waals surface area contributed by atoms with E-state index in [1.165, 1.54) is 0 Å². The molecule has 0 unspecified atom stereocenters. The van der Waals surface area contributed by atoms with Crippen LogP contribution in [0.5, 0.6) is 0 Å². The van der Waals surface area contributed by atoms with Gasteiger partial charge in [0.1, 0.15) is 18.1 Å². The van der Waals surface area contributed by atoms with Crippen molar-refractivity contribution in [3.63, 3.8) is 0 Å². The number of hydrogen-bond acceptors (Lipinski definition) is 4. The van der Waals surface area contributed by atoms with Gasteiger partial charge in [-0.1, -0.05) is 72.8 Å². The van der Waals surface area contributed by atoms with E-state index in [0.29, 0.717) is 13.0 Å². The number of fused-ring (bicyclic) bond motifs is 1. The van der Waals surface area contributed by atoms with Crippen LogP contribution in [0.15, 0.2) is 72.8 Å². The van der Waals surface area contributed by atoms with Crippen molar-refractivity contribution in [2.75, 3.05) is 0 Å². The minimum absolute atomic E-state index is 0. The zero-order valence-corrected chi connectivity index (χ0v) is 19.7. The molecule has 7 nitrogen and oxygen atoms in total. The predicted molar refractivity (Wildman–Crippen MR) is 122 cm³/mol. The van der Waals surface area contributed by atoms with Crippen molar-refractivity contribution in [2.45, 2.75) is 31.1 Å². The molecule has 0 aromatic heterocycles. The van der Waals surface area contributed by atoms with Gasteiger partial charge in [-0.2, -0.15) is 0 Å². The SMILES string of the molecule is O=C(NCc1cccc2ccccc12)[C@H](Cc1ccccc1)NC(=O)[C@H]1N[C@@H]1C(=O)O.[Na]. The van der Waals surface area contributed by atoms with Gasteiger partial charge in [0.25, 0.3) is 0 Å². The molecule has 8 heteroatoms. The number of nitrogens with one attached hydrogen (secondary N) is 3. The summed E-state index contributed by atoms with van der Waals surface area (Å²) in [5.41, 5.74) is 1.87. The number of rotatable bonds is 8. The fourth-order valence-electron chi connectivity index (χ4n) is 3.65. The van der Waals surface area contributed by atoms with E-state index in [-0.39, 0.29) is 35.5 Å². The minimum Gasteiger partial charge on any atom is -0.480 e. The van der Waals surface area contributed by atoms with E-state index in [2.05, 4.69) is 16.0 Å². The largest absolute Gasteiger partial charge is 0.480 e. The molecule has 0 aliphatic carbocycles. The smallest absolute Gasteiger partial charge is 0.322 e. The standard InChI is InChI=1S/C24H23N3O4.Na/c28-22(25-14-17-11-6-10-16-9-4-5-12-18(16)17)19(13-15-7-2-1-3-8-15)26-23(29)20-21(27-20)24(30)31;/h1-12,19-21,27H,13-14H2,(H,25,28)(H,26,29)(H,30,31);/t19-,20-,21-;/m0./s1. The summed E-state index contributed by atoms with van der Waals surface area (Å²) < 4.78 is 0. The van der Waals surface area contributed by atoms with Gasteiger partial charge in [-0.25, -0.2) is 0 Å². The van der Waals surface area contributed by atoms with Crippen molar-refractivity contribution < 1.29 is 19.5 Å². The van der Waals surface area contributed by atoms with Crippen molar-refractivity contribution in [3.05, 3.63) is 83.9 Å². The molecule has 32 heavy (non-hydrogen) atoms. The first-order valence-electron chi connectivity index (χ1n) is 10.1. The normalized spacial score (nSPS) is 17.6. The van der Waals surface area contributed by atoms with Gasteiger partial charge in [-0.15, -0.1) is 0 Å². The number of aliphatic carboxylic acids is 1. The maximum Gasteiger partial charge on any atom is 0.322 e. The van der Waals surface area contributed by atoms with Gasteiger partial charge >= 0.3 is 5.97 Å². The van der Waals surface area contributed by atoms with Crippen LogP contribution in [0.3, 0.4) is 0 Å². The summed E-state index contributed by atoms with van der Waals surface area (Å²) in [4.78, 5) is 36.5. The molecule has 3 aromatic rings. The Bertz CT molecular complexity index is 1120. The van der Waals surface area contributed by atoms with Gasteiger partial charge in [-0.3, -0.25) is 19.7 Å². The second-order valence-corrected chi connectivity index (χ2v) is 7.57. The van der Waals surface area contributed by atoms with Crippen molar-refractivity contribution in [1.29, 1.82) is 0 Å². The van der Waals surface area contributed by atoms with Crippen LogP contribution in [0.1, 0.15) is 11.1 Å². The van der Waals surface area contributed by atoms with Crippen LogP contribution >= 0.6 is 0 Å². The quantitative estimate of drug-likeness (QED) is 0.311. The maximum atomic E-state index is 13.0. The molecule has 1 aliphatic rings. The summed E-state index contributed by atoms with van der Waals surface area (Å²) in [6, 6.07) is 20.7. The van der Waals surface area contributed by atoms with Gasteiger partial charge in [0.2, 0.25) is 11.8 Å². The van der Waals surface area contributed by atoms with Crippen molar-refractivity contribution in [2.24, 2.45) is 0 Å². The van der Waals surface area contributed by atoms with E-state index in [1.807, 2.05) is 72.8 Å². The maximum absolute atomic E-state index is 13.0. The molecule has 1 heterocycles. The molecule has 1 radical (unpaired) electrons. The van der Waals surface area contributed by atoms with Gasteiger partial charge in [-0.05, 0) is 21.9 Å². The van der Waals surface area contributed by atoms with Crippen LogP contribution in [0.4, 0.5) is 0 Å². The fourth-order valence-corrected chi connectivity index (χ4v) is 3.65. The van der Waals surface area contributed by atoms with Crippen molar-refractivity contribution in [3.8, 4) is 0 Å². The molecular formula is C24H23N3NaO4. The average Bonchev–Trinajstić information content (AvgIpc) is 3.59. The number of carbonyl (C=O) groups excluding carboxylic acids is 2. The van der Waals surface area contributed by atoms with E-state index >= 15 is 0 Å². The number of carbonyl (C=O) groups is 3. The molecule has 3 aromatic carbocycles. The zero-order valence-electron chi connectivity index (χ0n) is 17.7. The molecule has 0 saturated carbocycles. The Morgan fingerprint density at radius 3 is 2.31 bits per heavy atom. The summed E-state index contributed by atoms with van der Waals surface area (Å²) in [5, 5.41) is 19.4. The van der Waals surface area contributed by atoms with Crippen LogP contribution in [-0.2, 0) is 27.3 Å². The summed E-state index contributed by atoms with van der Waals surface area (Å²) in [7, 11) is 0. The third kappa shape index (κ3) is 5.75. The second-order valence-electron chi connectivity index (χ2n) is 7.57. The minimum atomic E-state index is -1.08. The van der Waals surface area contributed by atoms with E-state index in [4.69, 9.17) is 5.11 Å². The van der Waals surface area contributed by atoms with E-state index in [0.717, 1.165) is 21.9 Å². The number of benzene rings is 3. The van der Waals surface area contributed by atoms with Gasteiger partial charge in [0.05, 0.1) is 0 Å². The van der Waals surface area contributed by atoms with Crippen LogP contribution in [0.25, 0.3) is 10.8 Å². The van der Waals surface area contributed by atoms with Crippen LogP contribution in [-0.4, -0.2) is 70.6 Å². The second kappa shape index (κ2) is 10.7. The fraction of sp³-hybridized carbons (Fsp3) is 0.208. The number of amides is 2. The van der Waals surface area contributed by atoms with Gasteiger partial charge < -0.3 is 15.7 Å². The van der Waals surface area contributed by atoms with Crippen LogP contribution in [0, 0.1) is 0 Å². The van der Waals surface area contributed by atoms with Crippen molar-refractivity contribution >= 4 is 58.1 Å². The van der Waals surface area contributed by atoms with Gasteiger partial charge in [0, 0.05) is 42.5 Å². The third-order valence-corrected chi connectivity index (χ3v) is 5.38. The Morgan fingerprint density at radius 2 is 1.59 bits per heavy atom. The average molecular weight is 440 g/mol. The van der Waals surface area contributed by atoms with E-state index in [9.17, 15) is 14.4 Å². The summed E-state index contributed by atoms with van der Waals surface area (Å²) in [5.74, 6) is -1.90. The van der Waals surface area contributed by atoms with E-state index in [1.54, 1.807) is 0 Å². The number of carboxylic acids is 1. The van der Waals surface area contributed by atoms with Crippen LogP contribution in [0.2, 0.25) is 0 Å². The summed E-state index contributed by atoms with van der Waals surface area (Å²) >= 11 is 0. The predicted octanol–water partition coefficient (Wildman–Crippen LogP) is 1.23. The van der Waals surface area contributed by atoms with Crippen molar-refractivity contribution in [1.82, 2.24) is 16.0 Å². The Balaban J connectivity index is 0.00000289. The summed E-state index contributed by atoms with van der Waals surface area (Å²) in [6.45, 7) is 0.320. The topological polar surface area (TPSA) is 117 Å². The van der Waals surface area contributed by atoms with Gasteiger partial charge in [0.15, 0.2) is 0 Å². The first-order valence-corrected chi connectivity index (χ1v) is 10.1. The zero-order chi connectivity index (χ0) is 21.8. The number of hydrogen-bond donors (Lipinski definition) is 4. The monoisotopic (exact) mass is 440 g/mol. The molecule has 1 aliphatic heterocycles. The molecule has 0 bridgehead atoms. The van der Waals surface area contributed by atoms with Crippen LogP contribution < -0.4 is 16.0 Å². The molecular weight excluding hydrogens is 417 g/mol. The number of carboxylic acid groups (broad SMARTS) is 1. The Labute approximate surface area is 207 Å². The molecule has 4 N–H and O–H groups in total. The Morgan fingerprint density at radius 1 is 0.906 bits per heavy atom. The molecule has 1 fully saturated rings. The molecule has 4 rings (SSSR count). The molecule has 2 amide bonds. The molecule has 1 saturated heterocycles. The molecule has 159 valence electrons. The third-order valence-electron chi connectivity index (χ3n) is 5.38. The molecule has 3 atom stereocenters. The summed E-state index contributed by atoms with van der Waals surface area (Å²) in [6.07, 6.45) is 0.304. The first-order chi connectivity index (χ1) is 15.0. The molecule has 0 spiro atoms. The Hall–Kier alpha value is -2.71. The Kier molecular flexibility index (Phi) is 8.04.